The van der Waals surface area contributed by atoms with Crippen LogP contribution >= 0.6 is 0 Å². The van der Waals surface area contributed by atoms with Crippen molar-refractivity contribution >= 4 is 16.8 Å². The smallest absolute Gasteiger partial charge is 0.254 e. The lowest BCUT2D eigenvalue weighted by Crippen LogP contribution is -2.55. The van der Waals surface area contributed by atoms with Crippen LogP contribution < -0.4 is 5.32 Å². The maximum atomic E-state index is 12.7. The van der Waals surface area contributed by atoms with E-state index in [1.54, 1.807) is 6.20 Å². The first kappa shape index (κ1) is 11.0. The molecule has 0 atom stereocenters. The lowest BCUT2D eigenvalue weighted by atomic mass is 10.1. The van der Waals surface area contributed by atoms with Crippen molar-refractivity contribution in [3.63, 3.8) is 0 Å². The summed E-state index contributed by atoms with van der Waals surface area (Å²) in [7, 11) is 0. The molecule has 98 valence electrons. The van der Waals surface area contributed by atoms with Crippen LogP contribution in [0.3, 0.4) is 0 Å². The molecule has 2 heterocycles. The van der Waals surface area contributed by atoms with Gasteiger partial charge in [0, 0.05) is 30.6 Å². The predicted octanol–water partition coefficient (Wildman–Crippen LogP) is 1.14. The number of nitrogens with one attached hydrogen (secondary N) is 2. The summed E-state index contributed by atoms with van der Waals surface area (Å²) in [6, 6.07) is 5.75. The topological polar surface area (TPSA) is 61.0 Å². The lowest BCUT2D eigenvalue weighted by Gasteiger charge is -2.36. The zero-order valence-corrected chi connectivity index (χ0v) is 10.6. The van der Waals surface area contributed by atoms with Crippen molar-refractivity contribution < 1.29 is 4.79 Å². The Balaban J connectivity index is 1.68. The van der Waals surface area contributed by atoms with E-state index in [1.165, 1.54) is 0 Å². The number of hydrogen-bond donors (Lipinski definition) is 2. The normalized spacial score (nSPS) is 20.9. The Labute approximate surface area is 111 Å². The second-order valence-electron chi connectivity index (χ2n) is 5.53. The van der Waals surface area contributed by atoms with E-state index in [9.17, 15) is 4.79 Å². The highest BCUT2D eigenvalue weighted by Gasteiger charge is 2.51. The molecule has 4 rings (SSSR count). The summed E-state index contributed by atoms with van der Waals surface area (Å²) in [5, 5.41) is 11.3. The van der Waals surface area contributed by atoms with Crippen LogP contribution in [0.2, 0.25) is 0 Å². The standard InChI is InChI=1S/C14H16N4O/c19-13(18-6-5-15-9-14(18)3-4-14)10-1-2-12-11(7-10)8-16-17-12/h1-2,7-8,15H,3-6,9H2,(H,16,17). The van der Waals surface area contributed by atoms with E-state index >= 15 is 0 Å². The van der Waals surface area contributed by atoms with E-state index in [1.807, 2.05) is 18.2 Å². The zero-order chi connectivity index (χ0) is 12.9. The van der Waals surface area contributed by atoms with Crippen molar-refractivity contribution in [2.24, 2.45) is 0 Å². The molecule has 1 aliphatic carbocycles. The maximum Gasteiger partial charge on any atom is 0.254 e. The van der Waals surface area contributed by atoms with Crippen LogP contribution in [0.1, 0.15) is 23.2 Å². The van der Waals surface area contributed by atoms with Crippen molar-refractivity contribution in [3.8, 4) is 0 Å². The van der Waals surface area contributed by atoms with E-state index in [0.29, 0.717) is 0 Å². The molecule has 2 fully saturated rings. The van der Waals surface area contributed by atoms with Crippen molar-refractivity contribution in [1.29, 1.82) is 0 Å². The lowest BCUT2D eigenvalue weighted by molar-refractivity contribution is 0.0601. The molecular weight excluding hydrogens is 240 g/mol. The molecule has 1 saturated carbocycles. The van der Waals surface area contributed by atoms with Gasteiger partial charge in [-0.2, -0.15) is 5.10 Å². The summed E-state index contributed by atoms with van der Waals surface area (Å²) in [5.74, 6) is 0.155. The molecule has 1 spiro atoms. The highest BCUT2D eigenvalue weighted by molar-refractivity contribution is 5.98. The second-order valence-corrected chi connectivity index (χ2v) is 5.53. The van der Waals surface area contributed by atoms with Crippen molar-refractivity contribution in [1.82, 2.24) is 20.4 Å². The average molecular weight is 256 g/mol. The summed E-state index contributed by atoms with van der Waals surface area (Å²) in [6.07, 6.45) is 4.01. The minimum Gasteiger partial charge on any atom is -0.330 e. The summed E-state index contributed by atoms with van der Waals surface area (Å²) in [5.41, 5.74) is 1.83. The molecular formula is C14H16N4O. The fraction of sp³-hybridized carbons (Fsp3) is 0.429. The molecule has 0 bridgehead atoms. The van der Waals surface area contributed by atoms with Crippen molar-refractivity contribution in [2.75, 3.05) is 19.6 Å². The molecule has 19 heavy (non-hydrogen) atoms. The Morgan fingerprint density at radius 3 is 3.11 bits per heavy atom. The van der Waals surface area contributed by atoms with Gasteiger partial charge in [-0.25, -0.2) is 0 Å². The van der Waals surface area contributed by atoms with Gasteiger partial charge >= 0.3 is 0 Å². The van der Waals surface area contributed by atoms with Gasteiger partial charge in [0.15, 0.2) is 0 Å². The third-order valence-electron chi connectivity index (χ3n) is 4.30. The number of rotatable bonds is 1. The summed E-state index contributed by atoms with van der Waals surface area (Å²) in [4.78, 5) is 14.7. The number of H-pyrrole nitrogens is 1. The van der Waals surface area contributed by atoms with Gasteiger partial charge in [0.2, 0.25) is 0 Å². The zero-order valence-electron chi connectivity index (χ0n) is 10.6. The van der Waals surface area contributed by atoms with Crippen molar-refractivity contribution in [3.05, 3.63) is 30.0 Å². The summed E-state index contributed by atoms with van der Waals surface area (Å²) >= 11 is 0. The molecule has 5 heteroatoms. The Kier molecular flexibility index (Phi) is 2.20. The molecule has 2 aromatic rings. The third kappa shape index (κ3) is 1.65. The van der Waals surface area contributed by atoms with Crippen LogP contribution in [-0.4, -0.2) is 46.2 Å². The third-order valence-corrected chi connectivity index (χ3v) is 4.30. The van der Waals surface area contributed by atoms with Gasteiger partial charge < -0.3 is 10.2 Å². The number of amides is 1. The number of aromatic nitrogens is 2. The number of fused-ring (bicyclic) bond motifs is 1. The molecule has 0 radical (unpaired) electrons. The molecule has 2 aliphatic rings. The average Bonchev–Trinajstić information content (AvgIpc) is 3.04. The van der Waals surface area contributed by atoms with Crippen molar-refractivity contribution in [2.45, 2.75) is 18.4 Å². The van der Waals surface area contributed by atoms with E-state index < -0.39 is 0 Å². The van der Waals surface area contributed by atoms with E-state index in [-0.39, 0.29) is 11.4 Å². The van der Waals surface area contributed by atoms with Crippen LogP contribution in [-0.2, 0) is 0 Å². The molecule has 1 saturated heterocycles. The molecule has 2 N–H and O–H groups in total. The fourth-order valence-electron chi connectivity index (χ4n) is 2.98. The molecule has 5 nitrogen and oxygen atoms in total. The van der Waals surface area contributed by atoms with Gasteiger partial charge in [0.25, 0.3) is 5.91 Å². The Hall–Kier alpha value is -1.88. The van der Waals surface area contributed by atoms with Crippen LogP contribution in [0, 0.1) is 0 Å². The van der Waals surface area contributed by atoms with Gasteiger partial charge in [-0.05, 0) is 31.0 Å². The SMILES string of the molecule is O=C(c1ccc2[nH]ncc2c1)N1CCNCC12CC2. The monoisotopic (exact) mass is 256 g/mol. The predicted molar refractivity (Wildman–Crippen MR) is 72.0 cm³/mol. The number of carbonyl (C=O) groups excluding carboxylic acids is 1. The molecule has 1 aliphatic heterocycles. The van der Waals surface area contributed by atoms with Gasteiger partial charge in [-0.15, -0.1) is 0 Å². The van der Waals surface area contributed by atoms with E-state index in [4.69, 9.17) is 0 Å². The fourth-order valence-corrected chi connectivity index (χ4v) is 2.98. The first-order valence-electron chi connectivity index (χ1n) is 6.74. The Morgan fingerprint density at radius 1 is 1.37 bits per heavy atom. The van der Waals surface area contributed by atoms with Crippen LogP contribution in [0.5, 0.6) is 0 Å². The molecule has 1 aromatic carbocycles. The minimum absolute atomic E-state index is 0.0979. The first-order valence-corrected chi connectivity index (χ1v) is 6.74. The van der Waals surface area contributed by atoms with Crippen LogP contribution in [0.25, 0.3) is 10.9 Å². The highest BCUT2D eigenvalue weighted by Crippen LogP contribution is 2.43. The first-order chi connectivity index (χ1) is 9.28. The van der Waals surface area contributed by atoms with Crippen LogP contribution in [0.15, 0.2) is 24.4 Å². The molecule has 0 unspecified atom stereocenters. The van der Waals surface area contributed by atoms with Crippen LogP contribution in [0.4, 0.5) is 0 Å². The minimum atomic E-state index is 0.0979. The largest absolute Gasteiger partial charge is 0.330 e. The highest BCUT2D eigenvalue weighted by atomic mass is 16.2. The summed E-state index contributed by atoms with van der Waals surface area (Å²) < 4.78 is 0. The number of piperazine rings is 1. The molecule has 1 amide bonds. The quantitative estimate of drug-likeness (QED) is 0.804. The van der Waals surface area contributed by atoms with Gasteiger partial charge in [0.1, 0.15) is 0 Å². The Bertz CT molecular complexity index is 644. The van der Waals surface area contributed by atoms with Gasteiger partial charge in [-0.1, -0.05) is 0 Å². The van der Waals surface area contributed by atoms with E-state index in [0.717, 1.165) is 48.9 Å². The number of aromatic amines is 1. The summed E-state index contributed by atoms with van der Waals surface area (Å²) in [6.45, 7) is 2.64. The number of nitrogens with zero attached hydrogens (tertiary/aromatic N) is 2. The van der Waals surface area contributed by atoms with Gasteiger partial charge in [0.05, 0.1) is 17.3 Å². The second kappa shape index (κ2) is 3.81. The maximum absolute atomic E-state index is 12.7. The number of hydrogen-bond acceptors (Lipinski definition) is 3. The van der Waals surface area contributed by atoms with E-state index in [2.05, 4.69) is 20.4 Å². The number of benzene rings is 1. The Morgan fingerprint density at radius 2 is 2.26 bits per heavy atom. The molecule has 1 aromatic heterocycles. The van der Waals surface area contributed by atoms with Gasteiger partial charge in [-0.3, -0.25) is 9.89 Å². The number of carbonyl (C=O) groups is 1.